The lowest BCUT2D eigenvalue weighted by Crippen LogP contribution is -2.67. The second-order valence-corrected chi connectivity index (χ2v) is 13.7. The summed E-state index contributed by atoms with van der Waals surface area (Å²) >= 11 is 0. The van der Waals surface area contributed by atoms with Gasteiger partial charge in [-0.05, 0) is 61.3 Å². The molecule has 42 heavy (non-hydrogen) atoms. The van der Waals surface area contributed by atoms with Crippen molar-refractivity contribution in [3.05, 3.63) is 75.3 Å². The third kappa shape index (κ3) is 3.72. The maximum absolute atomic E-state index is 14.5. The number of aryl methyl sites for hydroxylation is 1. The zero-order chi connectivity index (χ0) is 31.3. The lowest BCUT2D eigenvalue weighted by Gasteiger charge is -2.59. The Bertz CT molecular complexity index is 1640. The first-order valence-corrected chi connectivity index (χ1v) is 14.6. The van der Waals surface area contributed by atoms with E-state index in [2.05, 4.69) is 0 Å². The van der Waals surface area contributed by atoms with E-state index in [1.807, 2.05) is 71.9 Å². The summed E-state index contributed by atoms with van der Waals surface area (Å²) in [5, 5.41) is 47.1. The second kappa shape index (κ2) is 9.40. The minimum absolute atomic E-state index is 0.000631. The summed E-state index contributed by atoms with van der Waals surface area (Å²) in [6.07, 6.45) is 0.334. The topological polar surface area (TPSA) is 132 Å². The monoisotopic (exact) mass is 572 g/mol. The number of hydrogen-bond acceptors (Lipinski definition) is 7. The van der Waals surface area contributed by atoms with Gasteiger partial charge in [-0.1, -0.05) is 71.4 Å². The largest absolute Gasteiger partial charge is 0.511 e. The summed E-state index contributed by atoms with van der Waals surface area (Å²) in [6, 6.07) is 9.52. The minimum atomic E-state index is -2.62. The average Bonchev–Trinajstić information content (AvgIpc) is 2.85. The molecule has 222 valence electrons. The van der Waals surface area contributed by atoms with Crippen molar-refractivity contribution in [2.75, 3.05) is 0 Å². The summed E-state index contributed by atoms with van der Waals surface area (Å²) in [4.78, 5) is 41.0. The molecule has 1 unspecified atom stereocenters. The molecule has 7 nitrogen and oxygen atoms in total. The molecule has 5 rings (SSSR count). The lowest BCUT2D eigenvalue weighted by atomic mass is 9.44. The zero-order valence-electron chi connectivity index (χ0n) is 25.5. The first-order chi connectivity index (χ1) is 19.4. The smallest absolute Gasteiger partial charge is 0.209 e. The number of phenolic OH excluding ortho intramolecular Hbond substituents is 1. The van der Waals surface area contributed by atoms with Crippen LogP contribution in [0, 0.1) is 29.6 Å². The van der Waals surface area contributed by atoms with Gasteiger partial charge in [0.1, 0.15) is 22.8 Å². The number of aliphatic hydroxyl groups is 3. The van der Waals surface area contributed by atoms with Crippen LogP contribution in [0.4, 0.5) is 0 Å². The first kappa shape index (κ1) is 29.8. The predicted molar refractivity (Wildman–Crippen MR) is 160 cm³/mol. The highest BCUT2D eigenvalue weighted by Gasteiger charge is 2.71. The highest BCUT2D eigenvalue weighted by atomic mass is 16.3. The molecule has 0 aliphatic heterocycles. The molecule has 0 spiro atoms. The van der Waals surface area contributed by atoms with Gasteiger partial charge in [0.05, 0.1) is 5.56 Å². The first-order valence-electron chi connectivity index (χ1n) is 14.6. The molecular formula is C35H40O7. The summed E-state index contributed by atoms with van der Waals surface area (Å²) in [5.41, 5.74) is -1.99. The molecule has 0 heterocycles. The highest BCUT2D eigenvalue weighted by molar-refractivity contribution is 6.25. The number of allylic oxidation sites excluding steroid dienone is 2. The van der Waals surface area contributed by atoms with E-state index in [0.29, 0.717) is 11.1 Å². The molecule has 0 amide bonds. The Kier molecular flexibility index (Phi) is 6.66. The van der Waals surface area contributed by atoms with Crippen molar-refractivity contribution in [1.29, 1.82) is 0 Å². The van der Waals surface area contributed by atoms with Crippen LogP contribution < -0.4 is 0 Å². The molecule has 0 saturated heterocycles. The molecule has 0 bridgehead atoms. The van der Waals surface area contributed by atoms with Gasteiger partial charge >= 0.3 is 0 Å². The van der Waals surface area contributed by atoms with Crippen LogP contribution in [0.25, 0.3) is 11.1 Å². The maximum Gasteiger partial charge on any atom is 0.209 e. The summed E-state index contributed by atoms with van der Waals surface area (Å²) in [6.45, 7) is 14.2. The Balaban J connectivity index is 1.84. The number of carbonyl (C=O) groups excluding carboxylic acids is 3. The van der Waals surface area contributed by atoms with Crippen LogP contribution in [0.1, 0.15) is 87.9 Å². The van der Waals surface area contributed by atoms with Crippen molar-refractivity contribution in [3.63, 3.8) is 0 Å². The van der Waals surface area contributed by atoms with Crippen LogP contribution in [-0.2, 0) is 16.0 Å². The Morgan fingerprint density at radius 1 is 1.02 bits per heavy atom. The van der Waals surface area contributed by atoms with Crippen molar-refractivity contribution in [1.82, 2.24) is 0 Å². The molecule has 3 aliphatic rings. The van der Waals surface area contributed by atoms with E-state index in [9.17, 15) is 34.8 Å². The van der Waals surface area contributed by atoms with Crippen molar-refractivity contribution >= 4 is 17.3 Å². The normalized spacial score (nSPS) is 29.2. The van der Waals surface area contributed by atoms with Crippen LogP contribution in [0.15, 0.2) is 53.0 Å². The van der Waals surface area contributed by atoms with Crippen LogP contribution in [0.3, 0.4) is 0 Å². The van der Waals surface area contributed by atoms with E-state index >= 15 is 0 Å². The van der Waals surface area contributed by atoms with Crippen LogP contribution in [0.5, 0.6) is 5.75 Å². The molecule has 3 aliphatic carbocycles. The van der Waals surface area contributed by atoms with Gasteiger partial charge in [0.15, 0.2) is 17.2 Å². The summed E-state index contributed by atoms with van der Waals surface area (Å²) < 4.78 is 0. The molecular weight excluding hydrogens is 532 g/mol. The van der Waals surface area contributed by atoms with Gasteiger partial charge in [-0.3, -0.25) is 14.4 Å². The minimum Gasteiger partial charge on any atom is -0.511 e. The fourth-order valence-corrected chi connectivity index (χ4v) is 8.38. The van der Waals surface area contributed by atoms with Gasteiger partial charge in [0.25, 0.3) is 0 Å². The van der Waals surface area contributed by atoms with Gasteiger partial charge in [0.2, 0.25) is 5.78 Å². The number of aromatic hydroxyl groups is 1. The zero-order valence-corrected chi connectivity index (χ0v) is 25.5. The highest BCUT2D eigenvalue weighted by Crippen LogP contribution is 2.65. The molecule has 7 heteroatoms. The summed E-state index contributed by atoms with van der Waals surface area (Å²) in [5.74, 6) is -5.08. The number of Topliss-reactive ketones (excluding diaryl/α,β-unsaturated/α-hetero) is 3. The number of hydrogen-bond donors (Lipinski definition) is 4. The van der Waals surface area contributed by atoms with Crippen molar-refractivity contribution in [3.8, 4) is 16.9 Å². The molecule has 0 saturated carbocycles. The van der Waals surface area contributed by atoms with Gasteiger partial charge in [-0.15, -0.1) is 0 Å². The third-order valence-electron chi connectivity index (χ3n) is 9.99. The fraction of sp³-hybridized carbons (Fsp3) is 0.457. The number of phenols is 1. The van der Waals surface area contributed by atoms with E-state index in [4.69, 9.17) is 0 Å². The Morgan fingerprint density at radius 3 is 2.21 bits per heavy atom. The van der Waals surface area contributed by atoms with E-state index in [0.717, 1.165) is 23.6 Å². The van der Waals surface area contributed by atoms with Crippen LogP contribution in [0.2, 0.25) is 0 Å². The standard InChI is InChI=1S/C35H40O7/c1-16(2)21-13-22(20-11-9-10-18(5)12-20)28(37)25-23(21)14-33(7)15-34(8)26(17(3)4)29(38)24(19(6)36)31(40)35(34,42)32(41)27(33)30(25)39/h9-13,16-17,26,37-38,41-42H,14-15H2,1-8H3/t26?,33-,34-,35+/m1/s1. The van der Waals surface area contributed by atoms with Crippen molar-refractivity contribution < 1.29 is 34.8 Å². The summed E-state index contributed by atoms with van der Waals surface area (Å²) in [7, 11) is 0. The number of carbonyl (C=O) groups is 3. The number of fused-ring (bicyclic) bond motifs is 3. The average molecular weight is 573 g/mol. The fourth-order valence-electron chi connectivity index (χ4n) is 8.38. The Labute approximate surface area is 246 Å². The number of aliphatic hydroxyl groups excluding tert-OH is 2. The second-order valence-electron chi connectivity index (χ2n) is 13.7. The van der Waals surface area contributed by atoms with Gasteiger partial charge < -0.3 is 20.4 Å². The Morgan fingerprint density at radius 2 is 1.67 bits per heavy atom. The molecule has 4 atom stereocenters. The lowest BCUT2D eigenvalue weighted by molar-refractivity contribution is -0.171. The molecule has 0 aromatic heterocycles. The molecule has 4 N–H and O–H groups in total. The Hall–Kier alpha value is -3.71. The third-order valence-corrected chi connectivity index (χ3v) is 9.99. The quantitative estimate of drug-likeness (QED) is 0.310. The van der Waals surface area contributed by atoms with Crippen LogP contribution >= 0.6 is 0 Å². The predicted octanol–water partition coefficient (Wildman–Crippen LogP) is 6.45. The molecule has 2 aromatic carbocycles. The van der Waals surface area contributed by atoms with Crippen LogP contribution in [-0.4, -0.2) is 43.4 Å². The molecule has 0 radical (unpaired) electrons. The van der Waals surface area contributed by atoms with Crippen molar-refractivity contribution in [2.45, 2.75) is 79.8 Å². The SMILES string of the molecule is CC(=O)C1=C(O)C(C(C)C)[C@@]2(C)C[C@@]3(C)Cc4c(C(C)C)cc(-c5cccc(C)c5)c(O)c4C(=O)C3=C(O)[C@@]2(O)C1=O. The van der Waals surface area contributed by atoms with Gasteiger partial charge in [0, 0.05) is 27.9 Å². The molecule has 2 aromatic rings. The van der Waals surface area contributed by atoms with Crippen molar-refractivity contribution in [2.24, 2.45) is 22.7 Å². The van der Waals surface area contributed by atoms with Gasteiger partial charge in [-0.25, -0.2) is 0 Å². The number of rotatable bonds is 4. The van der Waals surface area contributed by atoms with E-state index < -0.39 is 51.0 Å². The number of benzene rings is 2. The van der Waals surface area contributed by atoms with E-state index in [1.54, 1.807) is 6.92 Å². The number of ketones is 3. The molecule has 0 fully saturated rings. The van der Waals surface area contributed by atoms with Gasteiger partial charge in [-0.2, -0.15) is 0 Å². The van der Waals surface area contributed by atoms with E-state index in [1.165, 1.54) is 0 Å². The van der Waals surface area contributed by atoms with E-state index in [-0.39, 0.29) is 47.3 Å². The maximum atomic E-state index is 14.5.